The predicted octanol–water partition coefficient (Wildman–Crippen LogP) is 0.430. The van der Waals surface area contributed by atoms with Gasteiger partial charge < -0.3 is 19.4 Å². The van der Waals surface area contributed by atoms with Gasteiger partial charge in [0.1, 0.15) is 17.5 Å². The molecule has 8 heteroatoms. The molecule has 21 heavy (non-hydrogen) atoms. The minimum Gasteiger partial charge on any atom is -0.481 e. The lowest BCUT2D eigenvalue weighted by Gasteiger charge is -2.03. The van der Waals surface area contributed by atoms with Crippen LogP contribution in [-0.4, -0.2) is 33.1 Å². The van der Waals surface area contributed by atoms with Gasteiger partial charge in [0.05, 0.1) is 5.56 Å². The molecule has 0 atom stereocenters. The number of hydrogen-bond donors (Lipinski definition) is 2. The van der Waals surface area contributed by atoms with Gasteiger partial charge in [-0.1, -0.05) is 0 Å². The summed E-state index contributed by atoms with van der Waals surface area (Å²) < 4.78 is 6.58. The Morgan fingerprint density at radius 3 is 2.86 bits per heavy atom. The SMILES string of the molecule is Cc1oc2ncn(C)c(=O)c2c1C(=O)NCCCC(=O)O. The van der Waals surface area contributed by atoms with Crippen LogP contribution in [0.1, 0.15) is 29.0 Å². The number of aryl methyl sites for hydroxylation is 2. The summed E-state index contributed by atoms with van der Waals surface area (Å²) in [6.07, 6.45) is 1.60. The van der Waals surface area contributed by atoms with Gasteiger partial charge in [-0.25, -0.2) is 4.98 Å². The zero-order chi connectivity index (χ0) is 15.6. The molecule has 0 aromatic carbocycles. The average Bonchev–Trinajstić information content (AvgIpc) is 2.76. The molecule has 0 aliphatic heterocycles. The standard InChI is InChI=1S/C13H15N3O5/c1-7-9(11(19)14-5-3-4-8(17)18)10-12(21-7)15-6-16(2)13(10)20/h6H,3-5H2,1-2H3,(H,14,19)(H,17,18). The lowest BCUT2D eigenvalue weighted by Crippen LogP contribution is -2.27. The molecule has 0 unspecified atom stereocenters. The van der Waals surface area contributed by atoms with Crippen molar-refractivity contribution in [1.29, 1.82) is 0 Å². The van der Waals surface area contributed by atoms with Crippen molar-refractivity contribution < 1.29 is 19.1 Å². The highest BCUT2D eigenvalue weighted by atomic mass is 16.4. The van der Waals surface area contributed by atoms with Crippen molar-refractivity contribution in [1.82, 2.24) is 14.9 Å². The first-order valence-electron chi connectivity index (χ1n) is 6.36. The van der Waals surface area contributed by atoms with E-state index in [1.54, 1.807) is 6.92 Å². The first-order valence-corrected chi connectivity index (χ1v) is 6.36. The van der Waals surface area contributed by atoms with E-state index in [0.717, 1.165) is 0 Å². The van der Waals surface area contributed by atoms with Crippen molar-refractivity contribution in [2.45, 2.75) is 19.8 Å². The van der Waals surface area contributed by atoms with Crippen molar-refractivity contribution in [2.24, 2.45) is 7.05 Å². The summed E-state index contributed by atoms with van der Waals surface area (Å²) in [6, 6.07) is 0. The number of furan rings is 1. The number of nitrogens with one attached hydrogen (secondary N) is 1. The third kappa shape index (κ3) is 2.93. The van der Waals surface area contributed by atoms with Gasteiger partial charge in [0.25, 0.3) is 11.5 Å². The number of hydrogen-bond acceptors (Lipinski definition) is 5. The van der Waals surface area contributed by atoms with E-state index >= 15 is 0 Å². The van der Waals surface area contributed by atoms with Crippen LogP contribution in [0.4, 0.5) is 0 Å². The lowest BCUT2D eigenvalue weighted by molar-refractivity contribution is -0.137. The molecule has 0 aliphatic rings. The topological polar surface area (TPSA) is 114 Å². The summed E-state index contributed by atoms with van der Waals surface area (Å²) in [6.45, 7) is 1.78. The summed E-state index contributed by atoms with van der Waals surface area (Å²) in [7, 11) is 1.53. The second-order valence-electron chi connectivity index (χ2n) is 4.63. The Balaban J connectivity index is 2.27. The smallest absolute Gasteiger partial charge is 0.303 e. The quantitative estimate of drug-likeness (QED) is 0.772. The third-order valence-corrected chi connectivity index (χ3v) is 3.03. The van der Waals surface area contributed by atoms with E-state index in [2.05, 4.69) is 10.3 Å². The Hall–Kier alpha value is -2.64. The number of aliphatic carboxylic acids is 1. The molecule has 1 amide bonds. The number of carboxylic acids is 1. The maximum Gasteiger partial charge on any atom is 0.303 e. The Morgan fingerprint density at radius 1 is 1.48 bits per heavy atom. The summed E-state index contributed by atoms with van der Waals surface area (Å²) in [4.78, 5) is 38.6. The maximum atomic E-state index is 12.2. The van der Waals surface area contributed by atoms with Crippen LogP contribution in [0.25, 0.3) is 11.1 Å². The molecule has 0 bridgehead atoms. The van der Waals surface area contributed by atoms with Crippen LogP contribution < -0.4 is 10.9 Å². The van der Waals surface area contributed by atoms with Gasteiger partial charge in [-0.3, -0.25) is 14.4 Å². The minimum absolute atomic E-state index is 0.0330. The van der Waals surface area contributed by atoms with Gasteiger partial charge >= 0.3 is 5.97 Å². The van der Waals surface area contributed by atoms with Gasteiger partial charge in [-0.2, -0.15) is 0 Å². The average molecular weight is 293 g/mol. The molecule has 2 rings (SSSR count). The van der Waals surface area contributed by atoms with Crippen LogP contribution in [0.5, 0.6) is 0 Å². The fourth-order valence-corrected chi connectivity index (χ4v) is 1.99. The van der Waals surface area contributed by atoms with Crippen LogP contribution in [0.15, 0.2) is 15.5 Å². The molecule has 112 valence electrons. The Bertz CT molecular complexity index is 759. The molecule has 2 aromatic rings. The molecule has 2 N–H and O–H groups in total. The van der Waals surface area contributed by atoms with Gasteiger partial charge in [-0.15, -0.1) is 0 Å². The minimum atomic E-state index is -0.924. The second-order valence-corrected chi connectivity index (χ2v) is 4.63. The maximum absolute atomic E-state index is 12.2. The Kier molecular flexibility index (Phi) is 4.06. The molecule has 8 nitrogen and oxygen atoms in total. The summed E-state index contributed by atoms with van der Waals surface area (Å²) in [5.74, 6) is -1.09. The van der Waals surface area contributed by atoms with Crippen molar-refractivity contribution in [3.05, 3.63) is 28.0 Å². The van der Waals surface area contributed by atoms with Crippen molar-refractivity contribution in [3.8, 4) is 0 Å². The molecule has 0 fully saturated rings. The number of carbonyl (C=O) groups excluding carboxylic acids is 1. The summed E-state index contributed by atoms with van der Waals surface area (Å²) >= 11 is 0. The molecular weight excluding hydrogens is 278 g/mol. The van der Waals surface area contributed by atoms with E-state index in [9.17, 15) is 14.4 Å². The molecule has 0 spiro atoms. The van der Waals surface area contributed by atoms with Crippen molar-refractivity contribution in [2.75, 3.05) is 6.54 Å². The first-order chi connectivity index (χ1) is 9.91. The van der Waals surface area contributed by atoms with Crippen LogP contribution in [0, 0.1) is 6.92 Å². The highest BCUT2D eigenvalue weighted by Crippen LogP contribution is 2.20. The second kappa shape index (κ2) is 5.78. The lowest BCUT2D eigenvalue weighted by atomic mass is 10.1. The van der Waals surface area contributed by atoms with E-state index in [1.807, 2.05) is 0 Å². The van der Waals surface area contributed by atoms with Gasteiger partial charge in [0.2, 0.25) is 5.71 Å². The number of fused-ring (bicyclic) bond motifs is 1. The number of nitrogens with zero attached hydrogens (tertiary/aromatic N) is 2. The molecule has 2 heterocycles. The van der Waals surface area contributed by atoms with Crippen LogP contribution in [0.3, 0.4) is 0 Å². The molecule has 2 aromatic heterocycles. The fourth-order valence-electron chi connectivity index (χ4n) is 1.99. The normalized spacial score (nSPS) is 10.8. The number of carboxylic acid groups (broad SMARTS) is 1. The van der Waals surface area contributed by atoms with Crippen LogP contribution in [0.2, 0.25) is 0 Å². The van der Waals surface area contributed by atoms with E-state index in [-0.39, 0.29) is 35.2 Å². The molecule has 0 saturated carbocycles. The van der Waals surface area contributed by atoms with E-state index in [1.165, 1.54) is 17.9 Å². The zero-order valence-corrected chi connectivity index (χ0v) is 11.7. The van der Waals surface area contributed by atoms with Gasteiger partial charge in [0.15, 0.2) is 0 Å². The third-order valence-electron chi connectivity index (χ3n) is 3.03. The molecular formula is C13H15N3O5. The Morgan fingerprint density at radius 2 is 2.19 bits per heavy atom. The first kappa shape index (κ1) is 14.8. The van der Waals surface area contributed by atoms with Crippen LogP contribution >= 0.6 is 0 Å². The highest BCUT2D eigenvalue weighted by Gasteiger charge is 2.22. The molecule has 0 saturated heterocycles. The van der Waals surface area contributed by atoms with Gasteiger partial charge in [-0.05, 0) is 13.3 Å². The number of carbonyl (C=O) groups is 2. The van der Waals surface area contributed by atoms with E-state index < -0.39 is 11.9 Å². The highest BCUT2D eigenvalue weighted by molar-refractivity contribution is 6.06. The fraction of sp³-hybridized carbons (Fsp3) is 0.385. The predicted molar refractivity (Wildman–Crippen MR) is 73.2 cm³/mol. The van der Waals surface area contributed by atoms with E-state index in [4.69, 9.17) is 9.52 Å². The molecule has 0 aliphatic carbocycles. The molecule has 0 radical (unpaired) electrons. The number of aromatic nitrogens is 2. The Labute approximate surface area is 119 Å². The van der Waals surface area contributed by atoms with Gasteiger partial charge in [0, 0.05) is 20.0 Å². The summed E-state index contributed by atoms with van der Waals surface area (Å²) in [5, 5.41) is 11.2. The number of rotatable bonds is 5. The largest absolute Gasteiger partial charge is 0.481 e. The zero-order valence-electron chi connectivity index (χ0n) is 11.7. The van der Waals surface area contributed by atoms with E-state index in [0.29, 0.717) is 12.2 Å². The summed E-state index contributed by atoms with van der Waals surface area (Å²) in [5.41, 5.74) is -0.104. The monoisotopic (exact) mass is 293 g/mol. The van der Waals surface area contributed by atoms with Crippen LogP contribution in [-0.2, 0) is 11.8 Å². The van der Waals surface area contributed by atoms with Crippen molar-refractivity contribution >= 4 is 23.0 Å². The van der Waals surface area contributed by atoms with Crippen molar-refractivity contribution in [3.63, 3.8) is 0 Å². The number of amides is 1.